The molecule has 18 rings (SSSR count). The van der Waals surface area contributed by atoms with Crippen LogP contribution in [0.2, 0.25) is 0 Å². The number of aliphatic carboxylic acids is 1. The quantitative estimate of drug-likeness (QED) is 0.0195. The van der Waals surface area contributed by atoms with Crippen LogP contribution in [0.5, 0.6) is 0 Å². The van der Waals surface area contributed by atoms with E-state index in [1.165, 1.54) is 42.7 Å². The van der Waals surface area contributed by atoms with Gasteiger partial charge in [-0.3, -0.25) is 28.9 Å². The number of likely N-dealkylation sites (tertiary alicyclic amines) is 4. The summed E-state index contributed by atoms with van der Waals surface area (Å²) in [7, 11) is 8.06. The number of imidazole rings is 4. The van der Waals surface area contributed by atoms with Crippen molar-refractivity contribution in [2.45, 2.75) is 231 Å². The van der Waals surface area contributed by atoms with Crippen molar-refractivity contribution in [1.29, 1.82) is 0 Å². The minimum Gasteiger partial charge on any atom is -0.481 e. The molecule has 12 atom stereocenters. The van der Waals surface area contributed by atoms with Crippen LogP contribution in [0, 0.1) is 40.4 Å². The molecule has 2 spiro atoms. The van der Waals surface area contributed by atoms with Crippen molar-refractivity contribution in [1.82, 2.24) is 75.4 Å². The summed E-state index contributed by atoms with van der Waals surface area (Å²) >= 11 is 0. The van der Waals surface area contributed by atoms with E-state index in [0.717, 1.165) is 189 Å². The third-order valence-corrected chi connectivity index (χ3v) is 29.4. The third-order valence-electron chi connectivity index (χ3n) is 29.4. The summed E-state index contributed by atoms with van der Waals surface area (Å²) < 4.78 is 35.4. The van der Waals surface area contributed by atoms with Gasteiger partial charge < -0.3 is 88.9 Å². The SMILES string of the molecule is COC(=O)C[C@H](C(=O)O)C(C)(C)OC.COC(=O)N[C@H](C(=O)N1CC2(CC2)C[C@H]1c1ncc(-c2ccc(-c3ccc4cc(-c5cnc([C@@H]6[C@H]7CC[C@H](C7)N6C(=O)OC(C)(C)C)[nH]5)ccc4c3)cc2)[nH]1)C(C)C.COC(=O)N[C@H](C(=O)N1CC2(CC2)C[C@H]1c1ncc(-c2ccc(-c3ccc4cc(-c5cnc([C@@H]6[C@H]7CC[C@H](C7)N6C(=O)[C@@H](NC(=O)OC)C(C)(C)OC)[nH]5)ccc4c3)cc2)[nH]1)C(C)C. The van der Waals surface area contributed by atoms with E-state index in [-0.39, 0.29) is 95.1 Å². The zero-order valence-corrected chi connectivity index (χ0v) is 80.6. The highest BCUT2D eigenvalue weighted by Crippen LogP contribution is 2.60. The number of nitrogens with zero attached hydrogens (tertiary/aromatic N) is 8. The number of hydrogen-bond donors (Lipinski definition) is 8. The fraction of sp³-hybridized carbons (Fsp3) is 0.490. The first-order valence-corrected chi connectivity index (χ1v) is 47.2. The van der Waals surface area contributed by atoms with Gasteiger partial charge in [0.05, 0.1) is 124 Å². The Morgan fingerprint density at radius 3 is 1.16 bits per heavy atom. The Bertz CT molecular complexity index is 6120. The van der Waals surface area contributed by atoms with E-state index < -0.39 is 71.1 Å². The molecule has 8 N–H and O–H groups in total. The van der Waals surface area contributed by atoms with E-state index >= 15 is 0 Å². The van der Waals surface area contributed by atoms with Crippen molar-refractivity contribution in [2.24, 2.45) is 40.4 Å². The average Bonchev–Trinajstić information content (AvgIpc) is 1.19. The average molecular weight is 1860 g/mol. The Kier molecular flexibility index (Phi) is 27.3. The van der Waals surface area contributed by atoms with Crippen LogP contribution in [-0.2, 0) is 57.1 Å². The molecule has 0 unspecified atom stereocenters. The number of ether oxygens (including phenoxy) is 7. The molecule has 4 saturated heterocycles. The van der Waals surface area contributed by atoms with Crippen molar-refractivity contribution in [2.75, 3.05) is 55.7 Å². The molecule has 6 aromatic carbocycles. The Morgan fingerprint density at radius 2 is 0.787 bits per heavy atom. The fourth-order valence-corrected chi connectivity index (χ4v) is 20.9. The number of rotatable bonds is 25. The first kappa shape index (κ1) is 96.2. The first-order valence-electron chi connectivity index (χ1n) is 47.2. The number of piperidine rings is 2. The molecule has 4 saturated carbocycles. The molecule has 4 aromatic heterocycles. The largest absolute Gasteiger partial charge is 0.481 e. The Balaban J connectivity index is 0.000000173. The highest BCUT2D eigenvalue weighted by Gasteiger charge is 2.59. The van der Waals surface area contributed by atoms with Gasteiger partial charge in [0.15, 0.2) is 0 Å². The monoisotopic (exact) mass is 1860 g/mol. The number of benzene rings is 6. The lowest BCUT2D eigenvalue weighted by Gasteiger charge is -2.40. The summed E-state index contributed by atoms with van der Waals surface area (Å²) in [6.45, 7) is 21.6. The number of carboxylic acid groups (broad SMARTS) is 1. The fourth-order valence-electron chi connectivity index (χ4n) is 20.9. The van der Waals surface area contributed by atoms with E-state index in [9.17, 15) is 43.2 Å². The number of amides is 7. The zero-order chi connectivity index (χ0) is 96.9. The van der Waals surface area contributed by atoms with Crippen molar-refractivity contribution in [3.63, 3.8) is 0 Å². The standard InChI is InChI=1S/C49H58N8O7.C46H53N7O5.C9H16O5/c1-27(2)39(54-46(60)62-5)44(58)56-26-49(18-19-49)23-38(56)42-50-24-36(52-42)29-10-8-28(9-11-29)30-12-13-32-21-33(15-14-31(32)20-30)37-25-51-43(53-37)40-34-16-17-35(22-34)57(40)45(59)41(48(3,4)64-7)55-47(61)63-6;1-26(2)38(51-43(55)57-6)42(54)52-25-46(17-18-46)22-37(52)40-47-23-35(49-40)28-9-7-27(8-10-28)29-11-12-31-20-32(14-13-30(31)19-29)36-24-48-41(50-36)39-33-15-16-34(21-33)53(39)44(56)58-45(3,4)5;1-9(2,14-4)6(8(11)12)5-7(10)13-3/h8-15,20-21,24-25,27,34-35,38-41H,16-19,22-23,26H2,1-7H3,(H,50,52)(H,51,53)(H,54,60)(H,55,61);7-14,19-20,23-24,26,33-34,37-39H,15-18,21-22,25H2,1-6H3,(H,47,49)(H,48,50)(H,51,55);6H,5H2,1-4H3,(H,11,12)/t34-,35+,38-,39-,40-,41+;33-,34+,37-,38-,39-;6-/m001/s1. The number of aromatic nitrogens is 8. The van der Waals surface area contributed by atoms with E-state index in [1.54, 1.807) is 27.7 Å². The topological polar surface area (TPSA) is 402 Å². The van der Waals surface area contributed by atoms with Crippen LogP contribution in [0.4, 0.5) is 19.2 Å². The number of carboxylic acids is 1. The molecule has 4 aliphatic carbocycles. The molecule has 32 heteroatoms. The van der Waals surface area contributed by atoms with E-state index in [0.29, 0.717) is 19.0 Å². The zero-order valence-electron chi connectivity index (χ0n) is 80.6. The van der Waals surface area contributed by atoms with E-state index in [4.69, 9.17) is 53.5 Å². The summed E-state index contributed by atoms with van der Waals surface area (Å²) in [4.78, 5) is 155. The lowest BCUT2D eigenvalue weighted by molar-refractivity contribution is -0.160. The van der Waals surface area contributed by atoms with Crippen molar-refractivity contribution >= 4 is 75.6 Å². The Morgan fingerprint density at radius 1 is 0.434 bits per heavy atom. The van der Waals surface area contributed by atoms with Gasteiger partial charge in [0.2, 0.25) is 17.7 Å². The van der Waals surface area contributed by atoms with Gasteiger partial charge in [-0.05, 0) is 239 Å². The van der Waals surface area contributed by atoms with Gasteiger partial charge in [-0.1, -0.05) is 125 Å². The predicted molar refractivity (Wildman–Crippen MR) is 511 cm³/mol. The van der Waals surface area contributed by atoms with Gasteiger partial charge in [0.25, 0.3) is 0 Å². The van der Waals surface area contributed by atoms with Crippen LogP contribution in [0.15, 0.2) is 146 Å². The van der Waals surface area contributed by atoms with Gasteiger partial charge in [-0.25, -0.2) is 39.1 Å². The minimum absolute atomic E-state index is 0.0550. The van der Waals surface area contributed by atoms with E-state index in [2.05, 4.69) is 162 Å². The van der Waals surface area contributed by atoms with Crippen LogP contribution in [0.1, 0.15) is 207 Å². The lowest BCUT2D eigenvalue weighted by Crippen LogP contribution is -2.60. The van der Waals surface area contributed by atoms with Crippen LogP contribution in [0.25, 0.3) is 88.8 Å². The molecular formula is C104H127N15O17. The summed E-state index contributed by atoms with van der Waals surface area (Å²) in [6.07, 6.45) is 17.0. The molecule has 10 aromatic rings. The molecule has 8 heterocycles. The molecule has 8 aliphatic rings. The molecule has 0 radical (unpaired) electrons. The van der Waals surface area contributed by atoms with E-state index in [1.807, 2.05) is 92.9 Å². The number of carbonyl (C=O) groups excluding carboxylic acids is 8. The molecule has 136 heavy (non-hydrogen) atoms. The highest BCUT2D eigenvalue weighted by atomic mass is 16.6. The van der Waals surface area contributed by atoms with Gasteiger partial charge in [-0.15, -0.1) is 0 Å². The van der Waals surface area contributed by atoms with Crippen LogP contribution < -0.4 is 16.0 Å². The van der Waals surface area contributed by atoms with Gasteiger partial charge in [0.1, 0.15) is 47.0 Å². The summed E-state index contributed by atoms with van der Waals surface area (Å²) in [5.74, 6) is 0.582. The molecule has 32 nitrogen and oxygen atoms in total. The maximum absolute atomic E-state index is 14.3. The summed E-state index contributed by atoms with van der Waals surface area (Å²) in [5, 5.41) is 21.6. The number of aromatic amines is 4. The second-order valence-corrected chi connectivity index (χ2v) is 40.9. The number of esters is 1. The van der Waals surface area contributed by atoms with Gasteiger partial charge in [0, 0.05) is 50.5 Å². The molecule has 8 fully saturated rings. The lowest BCUT2D eigenvalue weighted by atomic mass is 9.88. The molecular weight excluding hydrogens is 1730 g/mol. The van der Waals surface area contributed by atoms with Crippen LogP contribution in [0.3, 0.4) is 0 Å². The van der Waals surface area contributed by atoms with Crippen LogP contribution >= 0.6 is 0 Å². The normalized spacial score (nSPS) is 21.3. The van der Waals surface area contributed by atoms with Gasteiger partial charge >= 0.3 is 36.3 Å². The van der Waals surface area contributed by atoms with Crippen molar-refractivity contribution < 1.29 is 81.4 Å². The molecule has 7 amide bonds. The first-order chi connectivity index (χ1) is 64.8. The molecule has 720 valence electrons. The number of hydrogen-bond acceptors (Lipinski definition) is 20. The molecule has 4 aliphatic heterocycles. The minimum atomic E-state index is -1.07. The Labute approximate surface area is 792 Å². The van der Waals surface area contributed by atoms with Crippen molar-refractivity contribution in [3.8, 4) is 67.3 Å². The second-order valence-electron chi connectivity index (χ2n) is 40.9. The Hall–Kier alpha value is -13.0. The second kappa shape index (κ2) is 38.7. The van der Waals surface area contributed by atoms with Gasteiger partial charge in [-0.2, -0.15) is 0 Å². The van der Waals surface area contributed by atoms with Crippen molar-refractivity contribution in [3.05, 3.63) is 169 Å². The number of carbonyl (C=O) groups is 9. The van der Waals surface area contributed by atoms with Crippen LogP contribution in [-0.4, -0.2) is 221 Å². The summed E-state index contributed by atoms with van der Waals surface area (Å²) in [6, 6.07) is 39.9. The highest BCUT2D eigenvalue weighted by molar-refractivity contribution is 5.94. The number of H-pyrrole nitrogens is 4. The smallest absolute Gasteiger partial charge is 0.411 e. The summed E-state index contributed by atoms with van der Waals surface area (Å²) in [5.41, 5.74) is 9.84. The maximum Gasteiger partial charge on any atom is 0.411 e. The number of fused-ring (bicyclic) bond motifs is 6. The number of alkyl carbamates (subject to hydrolysis) is 3. The maximum atomic E-state index is 14.3. The third kappa shape index (κ3) is 20.2. The molecule has 4 bridgehead atoms. The number of nitrogens with one attached hydrogen (secondary N) is 7. The predicted octanol–water partition coefficient (Wildman–Crippen LogP) is 17.8. The number of methoxy groups -OCH3 is 6.